The molecule has 0 aromatic carbocycles. The van der Waals surface area contributed by atoms with Gasteiger partial charge in [-0.1, -0.05) is 0 Å². The first-order valence-electron chi connectivity index (χ1n) is 5.00. The summed E-state index contributed by atoms with van der Waals surface area (Å²) in [4.78, 5) is 11.4. The predicted molar refractivity (Wildman–Crippen MR) is 66.1 cm³/mol. The van der Waals surface area contributed by atoms with Crippen molar-refractivity contribution in [1.82, 2.24) is 15.1 Å². The molecule has 0 aliphatic heterocycles. The largest absolute Gasteiger partial charge is 0.368 e. The first-order chi connectivity index (χ1) is 7.31. The molecule has 1 amide bonds. The topological polar surface area (TPSA) is 72.9 Å². The minimum atomic E-state index is -0.789. The smallest absolute Gasteiger partial charge is 0.239 e. The van der Waals surface area contributed by atoms with Crippen LogP contribution in [0.1, 0.15) is 18.3 Å². The molecule has 0 saturated carbocycles. The van der Waals surface area contributed by atoms with E-state index in [0.717, 1.165) is 15.9 Å². The van der Waals surface area contributed by atoms with Crippen LogP contribution in [0.15, 0.2) is 4.47 Å². The lowest BCUT2D eigenvalue weighted by Gasteiger charge is -2.25. The molecule has 0 aliphatic carbocycles. The molecule has 6 heteroatoms. The Morgan fingerprint density at radius 3 is 2.50 bits per heavy atom. The second-order valence-electron chi connectivity index (χ2n) is 4.09. The van der Waals surface area contributed by atoms with E-state index in [4.69, 9.17) is 5.73 Å². The Balaban J connectivity index is 3.04. The van der Waals surface area contributed by atoms with Gasteiger partial charge < -0.3 is 11.1 Å². The highest BCUT2D eigenvalue weighted by molar-refractivity contribution is 9.10. The number of likely N-dealkylation sites (N-methyl/N-ethyl adjacent to an activating group) is 1. The van der Waals surface area contributed by atoms with Gasteiger partial charge in [0.25, 0.3) is 0 Å². The molecular weight excluding hydrogens is 272 g/mol. The van der Waals surface area contributed by atoms with E-state index < -0.39 is 11.4 Å². The zero-order valence-corrected chi connectivity index (χ0v) is 11.6. The second-order valence-corrected chi connectivity index (χ2v) is 4.88. The number of nitrogens with two attached hydrogens (primary N) is 1. The van der Waals surface area contributed by atoms with Crippen molar-refractivity contribution in [2.75, 3.05) is 7.05 Å². The van der Waals surface area contributed by atoms with Crippen LogP contribution in [0.2, 0.25) is 0 Å². The van der Waals surface area contributed by atoms with E-state index in [1.165, 1.54) is 0 Å². The Morgan fingerprint density at radius 2 is 2.19 bits per heavy atom. The fraction of sp³-hybridized carbons (Fsp3) is 0.600. The number of aryl methyl sites for hydroxylation is 1. The van der Waals surface area contributed by atoms with Gasteiger partial charge in [-0.3, -0.25) is 9.48 Å². The molecule has 0 radical (unpaired) electrons. The molecule has 1 aromatic rings. The van der Waals surface area contributed by atoms with Crippen molar-refractivity contribution in [2.45, 2.75) is 32.9 Å². The van der Waals surface area contributed by atoms with Crippen molar-refractivity contribution in [1.29, 1.82) is 0 Å². The lowest BCUT2D eigenvalue weighted by atomic mass is 10.0. The number of amides is 1. The number of hydrogen-bond donors (Lipinski definition) is 2. The Morgan fingerprint density at radius 1 is 1.62 bits per heavy atom. The molecule has 3 N–H and O–H groups in total. The van der Waals surface area contributed by atoms with Crippen molar-refractivity contribution in [3.63, 3.8) is 0 Å². The summed E-state index contributed by atoms with van der Waals surface area (Å²) in [5.74, 6) is -0.390. The number of aromatic nitrogens is 2. The summed E-state index contributed by atoms with van der Waals surface area (Å²) in [6, 6.07) is 0. The van der Waals surface area contributed by atoms with Gasteiger partial charge in [0.2, 0.25) is 5.91 Å². The number of rotatable bonds is 4. The van der Waals surface area contributed by atoms with Gasteiger partial charge in [0.05, 0.1) is 16.7 Å². The Kier molecular flexibility index (Phi) is 3.75. The fourth-order valence-electron chi connectivity index (χ4n) is 1.41. The quantitative estimate of drug-likeness (QED) is 0.858. The molecule has 1 aromatic heterocycles. The van der Waals surface area contributed by atoms with Gasteiger partial charge in [0, 0.05) is 5.69 Å². The number of nitrogens with zero attached hydrogens (tertiary/aromatic N) is 2. The van der Waals surface area contributed by atoms with E-state index in [1.807, 2.05) is 13.8 Å². The Hall–Kier alpha value is -0.880. The van der Waals surface area contributed by atoms with Crippen LogP contribution < -0.4 is 11.1 Å². The summed E-state index contributed by atoms with van der Waals surface area (Å²) in [6.45, 7) is 6.03. The second kappa shape index (κ2) is 4.55. The van der Waals surface area contributed by atoms with Gasteiger partial charge in [0.15, 0.2) is 0 Å². The summed E-state index contributed by atoms with van der Waals surface area (Å²) < 4.78 is 2.75. The lowest BCUT2D eigenvalue weighted by molar-refractivity contribution is -0.124. The summed E-state index contributed by atoms with van der Waals surface area (Å²) >= 11 is 3.45. The molecule has 90 valence electrons. The number of primary amides is 1. The van der Waals surface area contributed by atoms with E-state index in [9.17, 15) is 4.79 Å². The summed E-state index contributed by atoms with van der Waals surface area (Å²) in [5, 5.41) is 7.28. The third kappa shape index (κ3) is 2.27. The van der Waals surface area contributed by atoms with Crippen molar-refractivity contribution in [3.05, 3.63) is 15.9 Å². The summed E-state index contributed by atoms with van der Waals surface area (Å²) in [7, 11) is 1.71. The molecular formula is C10H17BrN4O. The number of hydrogen-bond acceptors (Lipinski definition) is 3. The molecule has 5 nitrogen and oxygen atoms in total. The SMILES string of the molecule is CNC(C)(Cn1nc(C)c(Br)c1C)C(N)=O. The van der Waals surface area contributed by atoms with Crippen LogP contribution in [0, 0.1) is 13.8 Å². The highest BCUT2D eigenvalue weighted by atomic mass is 79.9. The summed E-state index contributed by atoms with van der Waals surface area (Å²) in [6.07, 6.45) is 0. The maximum absolute atomic E-state index is 11.4. The van der Waals surface area contributed by atoms with Crippen molar-refractivity contribution >= 4 is 21.8 Å². The maximum Gasteiger partial charge on any atom is 0.239 e. The van der Waals surface area contributed by atoms with Gasteiger partial charge in [0.1, 0.15) is 5.54 Å². The van der Waals surface area contributed by atoms with Crippen LogP contribution in [0.25, 0.3) is 0 Å². The van der Waals surface area contributed by atoms with Crippen LogP contribution in [0.4, 0.5) is 0 Å². The van der Waals surface area contributed by atoms with Crippen molar-refractivity contribution < 1.29 is 4.79 Å². The molecule has 1 unspecified atom stereocenters. The zero-order valence-electron chi connectivity index (χ0n) is 9.97. The average molecular weight is 289 g/mol. The fourth-order valence-corrected chi connectivity index (χ4v) is 1.69. The van der Waals surface area contributed by atoms with E-state index in [-0.39, 0.29) is 0 Å². The number of carbonyl (C=O) groups excluding carboxylic acids is 1. The molecule has 0 fully saturated rings. The first-order valence-corrected chi connectivity index (χ1v) is 5.79. The number of carbonyl (C=O) groups is 1. The first kappa shape index (κ1) is 13.2. The van der Waals surface area contributed by atoms with E-state index >= 15 is 0 Å². The molecule has 1 rings (SSSR count). The van der Waals surface area contributed by atoms with E-state index in [2.05, 4.69) is 26.3 Å². The highest BCUT2D eigenvalue weighted by Crippen LogP contribution is 2.21. The van der Waals surface area contributed by atoms with Gasteiger partial charge in [-0.25, -0.2) is 0 Å². The van der Waals surface area contributed by atoms with E-state index in [0.29, 0.717) is 6.54 Å². The standard InChI is InChI=1S/C10H17BrN4O/c1-6-8(11)7(2)15(14-6)5-10(3,13-4)9(12)16/h13H,5H2,1-4H3,(H2,12,16). The van der Waals surface area contributed by atoms with Crippen LogP contribution in [-0.2, 0) is 11.3 Å². The minimum absolute atomic E-state index is 0.390. The molecule has 16 heavy (non-hydrogen) atoms. The van der Waals surface area contributed by atoms with Crippen LogP contribution in [0.5, 0.6) is 0 Å². The van der Waals surface area contributed by atoms with Gasteiger partial charge >= 0.3 is 0 Å². The Labute approximate surface area is 104 Å². The maximum atomic E-state index is 11.4. The monoisotopic (exact) mass is 288 g/mol. The number of nitrogens with one attached hydrogen (secondary N) is 1. The molecule has 1 atom stereocenters. The minimum Gasteiger partial charge on any atom is -0.368 e. The highest BCUT2D eigenvalue weighted by Gasteiger charge is 2.30. The van der Waals surface area contributed by atoms with Gasteiger partial charge in [-0.2, -0.15) is 5.10 Å². The molecule has 1 heterocycles. The van der Waals surface area contributed by atoms with Crippen LogP contribution in [-0.4, -0.2) is 28.3 Å². The average Bonchev–Trinajstić information content (AvgIpc) is 2.46. The van der Waals surface area contributed by atoms with Gasteiger partial charge in [-0.05, 0) is 43.7 Å². The molecule has 0 aliphatic rings. The zero-order chi connectivity index (χ0) is 12.5. The number of halogens is 1. The van der Waals surface area contributed by atoms with Crippen molar-refractivity contribution in [2.24, 2.45) is 5.73 Å². The van der Waals surface area contributed by atoms with Crippen LogP contribution in [0.3, 0.4) is 0 Å². The van der Waals surface area contributed by atoms with Gasteiger partial charge in [-0.15, -0.1) is 0 Å². The van der Waals surface area contributed by atoms with Crippen LogP contribution >= 0.6 is 15.9 Å². The Bertz CT molecular complexity index is 415. The molecule has 0 spiro atoms. The normalized spacial score (nSPS) is 14.8. The third-order valence-electron chi connectivity index (χ3n) is 2.85. The van der Waals surface area contributed by atoms with E-state index in [1.54, 1.807) is 18.7 Å². The lowest BCUT2D eigenvalue weighted by Crippen LogP contribution is -2.54. The molecule has 0 bridgehead atoms. The predicted octanol–water partition coefficient (Wildman–Crippen LogP) is 0.726. The molecule has 0 saturated heterocycles. The third-order valence-corrected chi connectivity index (χ3v) is 4.00. The van der Waals surface area contributed by atoms with Crippen molar-refractivity contribution in [3.8, 4) is 0 Å². The summed E-state index contributed by atoms with van der Waals surface area (Å²) in [5.41, 5.74) is 6.47.